The van der Waals surface area contributed by atoms with E-state index in [0.717, 1.165) is 12.8 Å². The molecule has 1 saturated carbocycles. The van der Waals surface area contributed by atoms with E-state index in [-0.39, 0.29) is 12.6 Å². The van der Waals surface area contributed by atoms with Crippen LogP contribution in [-0.2, 0) is 9.53 Å². The monoisotopic (exact) mass is 361 g/mol. The Morgan fingerprint density at radius 2 is 2.12 bits per heavy atom. The molecule has 1 atom stereocenters. The van der Waals surface area contributed by atoms with Gasteiger partial charge in [-0.25, -0.2) is 9.59 Å². The summed E-state index contributed by atoms with van der Waals surface area (Å²) >= 11 is 0. The first-order chi connectivity index (χ1) is 12.6. The third-order valence-electron chi connectivity index (χ3n) is 5.08. The van der Waals surface area contributed by atoms with Crippen LogP contribution in [0.5, 0.6) is 0 Å². The van der Waals surface area contributed by atoms with Crippen molar-refractivity contribution in [2.24, 2.45) is 0 Å². The van der Waals surface area contributed by atoms with Crippen LogP contribution in [0.25, 0.3) is 0 Å². The van der Waals surface area contributed by atoms with Gasteiger partial charge in [0.25, 0.3) is 0 Å². The maximum atomic E-state index is 12.6. The van der Waals surface area contributed by atoms with E-state index < -0.39 is 12.0 Å². The Balaban J connectivity index is 1.90. The lowest BCUT2D eigenvalue weighted by molar-refractivity contribution is -0.139. The predicted octanol–water partition coefficient (Wildman–Crippen LogP) is 2.72. The number of hydrogen-bond donors (Lipinski definition) is 2. The molecule has 1 aromatic heterocycles. The summed E-state index contributed by atoms with van der Waals surface area (Å²) in [5.41, 5.74) is 0.991. The van der Waals surface area contributed by atoms with Crippen LogP contribution in [0.2, 0.25) is 0 Å². The molecule has 7 nitrogen and oxygen atoms in total. The molecule has 3 rings (SSSR count). The summed E-state index contributed by atoms with van der Waals surface area (Å²) in [6, 6.07) is 2.96. The number of ether oxygens (including phenoxy) is 1. The van der Waals surface area contributed by atoms with Gasteiger partial charge in [-0.15, -0.1) is 0 Å². The molecule has 1 unspecified atom stereocenters. The van der Waals surface area contributed by atoms with Gasteiger partial charge in [-0.1, -0.05) is 19.3 Å². The molecule has 26 heavy (non-hydrogen) atoms. The van der Waals surface area contributed by atoms with Crippen molar-refractivity contribution in [3.8, 4) is 0 Å². The van der Waals surface area contributed by atoms with Crippen LogP contribution < -0.4 is 10.6 Å². The zero-order valence-corrected chi connectivity index (χ0v) is 15.4. The molecule has 0 radical (unpaired) electrons. The highest BCUT2D eigenvalue weighted by atomic mass is 16.5. The fourth-order valence-electron chi connectivity index (χ4n) is 3.76. The number of nitrogens with zero attached hydrogens (tertiary/aromatic N) is 1. The largest absolute Gasteiger partial charge is 0.467 e. The molecule has 0 spiro atoms. The lowest BCUT2D eigenvalue weighted by atomic mass is 9.94. The average molecular weight is 361 g/mol. The predicted molar refractivity (Wildman–Crippen MR) is 96.3 cm³/mol. The van der Waals surface area contributed by atoms with Gasteiger partial charge < -0.3 is 19.8 Å². The molecular formula is C19H27N3O4. The van der Waals surface area contributed by atoms with Crippen LogP contribution in [0.15, 0.2) is 34.1 Å². The second-order valence-corrected chi connectivity index (χ2v) is 6.87. The quantitative estimate of drug-likeness (QED) is 0.761. The molecule has 0 bridgehead atoms. The van der Waals surface area contributed by atoms with Crippen molar-refractivity contribution in [1.82, 2.24) is 15.5 Å². The lowest BCUT2D eigenvalue weighted by Gasteiger charge is -2.34. The SMILES string of the molecule is CCOC(=O)C1=C(CN(C)C2CCCCC2)NC(=O)NC1c1ccco1. The van der Waals surface area contributed by atoms with Crippen molar-refractivity contribution in [2.75, 3.05) is 20.2 Å². The van der Waals surface area contributed by atoms with Crippen LogP contribution in [0.3, 0.4) is 0 Å². The van der Waals surface area contributed by atoms with Gasteiger partial charge in [-0.05, 0) is 38.9 Å². The normalized spacial score (nSPS) is 21.5. The van der Waals surface area contributed by atoms with E-state index in [1.807, 2.05) is 7.05 Å². The van der Waals surface area contributed by atoms with Crippen LogP contribution in [0.4, 0.5) is 4.79 Å². The molecule has 7 heteroatoms. The Morgan fingerprint density at radius 3 is 2.77 bits per heavy atom. The minimum atomic E-state index is -0.646. The summed E-state index contributed by atoms with van der Waals surface area (Å²) in [7, 11) is 2.04. The average Bonchev–Trinajstić information content (AvgIpc) is 3.16. The smallest absolute Gasteiger partial charge is 0.338 e. The van der Waals surface area contributed by atoms with Crippen molar-refractivity contribution in [3.05, 3.63) is 35.4 Å². The maximum absolute atomic E-state index is 12.6. The Hall–Kier alpha value is -2.28. The van der Waals surface area contributed by atoms with Crippen molar-refractivity contribution in [2.45, 2.75) is 51.1 Å². The number of amides is 2. The van der Waals surface area contributed by atoms with Crippen molar-refractivity contribution in [3.63, 3.8) is 0 Å². The van der Waals surface area contributed by atoms with E-state index in [4.69, 9.17) is 9.15 Å². The fourth-order valence-corrected chi connectivity index (χ4v) is 3.76. The number of rotatable bonds is 6. The van der Waals surface area contributed by atoms with Crippen molar-refractivity contribution >= 4 is 12.0 Å². The van der Waals surface area contributed by atoms with Crippen LogP contribution in [0.1, 0.15) is 50.8 Å². The van der Waals surface area contributed by atoms with E-state index in [1.165, 1.54) is 25.5 Å². The van der Waals surface area contributed by atoms with Crippen LogP contribution in [0, 0.1) is 0 Å². The third-order valence-corrected chi connectivity index (χ3v) is 5.08. The van der Waals surface area contributed by atoms with Gasteiger partial charge in [-0.3, -0.25) is 4.90 Å². The van der Waals surface area contributed by atoms with Crippen LogP contribution >= 0.6 is 0 Å². The molecule has 0 aromatic carbocycles. The highest BCUT2D eigenvalue weighted by Crippen LogP contribution is 2.29. The van der Waals surface area contributed by atoms with Gasteiger partial charge in [0.05, 0.1) is 18.4 Å². The Morgan fingerprint density at radius 1 is 1.35 bits per heavy atom. The highest BCUT2D eigenvalue weighted by Gasteiger charge is 2.36. The van der Waals surface area contributed by atoms with Gasteiger partial charge in [0.1, 0.15) is 11.8 Å². The van der Waals surface area contributed by atoms with E-state index >= 15 is 0 Å². The number of nitrogens with one attached hydrogen (secondary N) is 2. The minimum Gasteiger partial charge on any atom is -0.467 e. The molecule has 1 aliphatic heterocycles. The second-order valence-electron chi connectivity index (χ2n) is 6.87. The summed E-state index contributed by atoms with van der Waals surface area (Å²) in [5.74, 6) is 0.0779. The third kappa shape index (κ3) is 4.09. The number of hydrogen-bond acceptors (Lipinski definition) is 5. The number of likely N-dealkylation sites (N-methyl/N-ethyl adjacent to an activating group) is 1. The first kappa shape index (κ1) is 18.5. The van der Waals surface area contributed by atoms with E-state index in [9.17, 15) is 9.59 Å². The molecule has 2 N–H and O–H groups in total. The van der Waals surface area contributed by atoms with Crippen LogP contribution in [-0.4, -0.2) is 43.1 Å². The van der Waals surface area contributed by atoms with E-state index in [0.29, 0.717) is 29.6 Å². The molecule has 0 saturated heterocycles. The topological polar surface area (TPSA) is 83.8 Å². The Kier molecular flexibility index (Phi) is 5.98. The van der Waals surface area contributed by atoms with Gasteiger partial charge in [0, 0.05) is 18.3 Å². The van der Waals surface area contributed by atoms with E-state index in [1.54, 1.807) is 19.1 Å². The number of esters is 1. The van der Waals surface area contributed by atoms with Gasteiger partial charge >= 0.3 is 12.0 Å². The molecule has 1 fully saturated rings. The summed E-state index contributed by atoms with van der Waals surface area (Å²) in [6.07, 6.45) is 7.55. The first-order valence-electron chi connectivity index (χ1n) is 9.31. The minimum absolute atomic E-state index is 0.271. The zero-order valence-electron chi connectivity index (χ0n) is 15.4. The van der Waals surface area contributed by atoms with Crippen molar-refractivity contribution < 1.29 is 18.7 Å². The number of furan rings is 1. The molecule has 1 aliphatic carbocycles. The first-order valence-corrected chi connectivity index (χ1v) is 9.31. The van der Waals surface area contributed by atoms with Crippen molar-refractivity contribution in [1.29, 1.82) is 0 Å². The van der Waals surface area contributed by atoms with Gasteiger partial charge in [0.15, 0.2) is 0 Å². The number of urea groups is 1. The Labute approximate surface area is 153 Å². The Bertz CT molecular complexity index is 662. The molecule has 1 aromatic rings. The standard InChI is InChI=1S/C19H27N3O4/c1-3-25-18(23)16-14(12-22(2)13-8-5-4-6-9-13)20-19(24)21-17(16)15-10-7-11-26-15/h7,10-11,13,17H,3-6,8-9,12H2,1-2H3,(H2,20,21,24). The summed E-state index contributed by atoms with van der Waals surface area (Å²) in [6.45, 7) is 2.53. The summed E-state index contributed by atoms with van der Waals surface area (Å²) in [5, 5.41) is 5.58. The van der Waals surface area contributed by atoms with Gasteiger partial charge in [-0.2, -0.15) is 0 Å². The fraction of sp³-hybridized carbons (Fsp3) is 0.579. The summed E-state index contributed by atoms with van der Waals surface area (Å²) in [4.78, 5) is 27.1. The summed E-state index contributed by atoms with van der Waals surface area (Å²) < 4.78 is 10.7. The zero-order chi connectivity index (χ0) is 18.5. The second kappa shape index (κ2) is 8.40. The number of carbonyl (C=O) groups excluding carboxylic acids is 2. The molecule has 2 heterocycles. The van der Waals surface area contributed by atoms with E-state index in [2.05, 4.69) is 15.5 Å². The number of carbonyl (C=O) groups is 2. The van der Waals surface area contributed by atoms with Gasteiger partial charge in [0.2, 0.25) is 0 Å². The lowest BCUT2D eigenvalue weighted by Crippen LogP contribution is -2.49. The molecule has 2 amide bonds. The molecule has 2 aliphatic rings. The molecule has 142 valence electrons. The highest BCUT2D eigenvalue weighted by molar-refractivity contribution is 5.95. The maximum Gasteiger partial charge on any atom is 0.338 e. The molecular weight excluding hydrogens is 334 g/mol.